The lowest BCUT2D eigenvalue weighted by molar-refractivity contribution is -0.128. The van der Waals surface area contributed by atoms with Crippen LogP contribution in [0.1, 0.15) is 23.4 Å². The Labute approximate surface area is 158 Å². The number of nitrogens with zero attached hydrogens (tertiary/aromatic N) is 1. The van der Waals surface area contributed by atoms with Crippen molar-refractivity contribution in [2.24, 2.45) is 0 Å². The summed E-state index contributed by atoms with van der Waals surface area (Å²) in [6, 6.07) is 22.7. The zero-order valence-corrected chi connectivity index (χ0v) is 15.5. The Morgan fingerprint density at radius 1 is 1.04 bits per heavy atom. The van der Waals surface area contributed by atoms with Crippen LogP contribution in [0.15, 0.2) is 66.7 Å². The summed E-state index contributed by atoms with van der Waals surface area (Å²) in [6.45, 7) is 3.21. The van der Waals surface area contributed by atoms with Gasteiger partial charge in [-0.15, -0.1) is 11.8 Å². The minimum absolute atomic E-state index is 0.00998. The maximum absolute atomic E-state index is 12.6. The molecule has 1 fully saturated rings. The Balaban J connectivity index is 1.69. The molecule has 0 bridgehead atoms. The first kappa shape index (κ1) is 17.0. The molecule has 4 rings (SSSR count). The number of hydrogen-bond donors (Lipinski definition) is 0. The quantitative estimate of drug-likeness (QED) is 0.638. The second-order valence-electron chi connectivity index (χ2n) is 6.29. The van der Waals surface area contributed by atoms with E-state index in [4.69, 9.17) is 4.74 Å². The Kier molecular flexibility index (Phi) is 4.85. The molecule has 1 unspecified atom stereocenters. The summed E-state index contributed by atoms with van der Waals surface area (Å²) in [5.74, 6) is 1.56. The molecule has 1 saturated heterocycles. The zero-order chi connectivity index (χ0) is 17.9. The van der Waals surface area contributed by atoms with E-state index in [2.05, 4.69) is 36.4 Å². The van der Waals surface area contributed by atoms with Crippen molar-refractivity contribution in [3.8, 4) is 5.75 Å². The van der Waals surface area contributed by atoms with Gasteiger partial charge in [0.05, 0.1) is 12.4 Å². The maximum atomic E-state index is 12.6. The van der Waals surface area contributed by atoms with E-state index in [1.54, 1.807) is 11.8 Å². The van der Waals surface area contributed by atoms with Crippen LogP contribution >= 0.6 is 11.8 Å². The van der Waals surface area contributed by atoms with E-state index in [1.165, 1.54) is 16.3 Å². The largest absolute Gasteiger partial charge is 0.493 e. The number of fused-ring (bicyclic) bond motifs is 1. The summed E-state index contributed by atoms with van der Waals surface area (Å²) in [4.78, 5) is 14.6. The van der Waals surface area contributed by atoms with Crippen molar-refractivity contribution in [2.45, 2.75) is 18.8 Å². The highest BCUT2D eigenvalue weighted by atomic mass is 32.2. The molecule has 3 aromatic carbocycles. The number of carbonyl (C=O) groups is 1. The number of benzene rings is 3. The van der Waals surface area contributed by atoms with Crippen molar-refractivity contribution >= 4 is 28.4 Å². The van der Waals surface area contributed by atoms with Gasteiger partial charge < -0.3 is 9.64 Å². The lowest BCUT2D eigenvalue weighted by atomic mass is 10.0. The SMILES string of the molecule is CCOc1ccccc1C1SCC(=O)N1Cc1cccc2ccccc12. The van der Waals surface area contributed by atoms with Crippen LogP contribution < -0.4 is 4.74 Å². The molecule has 3 nitrogen and oxygen atoms in total. The fourth-order valence-electron chi connectivity index (χ4n) is 3.47. The average molecular weight is 363 g/mol. The third-order valence-corrected chi connectivity index (χ3v) is 5.91. The van der Waals surface area contributed by atoms with Crippen LogP contribution in [0.25, 0.3) is 10.8 Å². The third kappa shape index (κ3) is 3.17. The molecule has 4 heteroatoms. The monoisotopic (exact) mass is 363 g/mol. The summed E-state index contributed by atoms with van der Waals surface area (Å²) in [5, 5.41) is 2.40. The molecular weight excluding hydrogens is 342 g/mol. The maximum Gasteiger partial charge on any atom is 0.234 e. The van der Waals surface area contributed by atoms with Crippen molar-refractivity contribution < 1.29 is 9.53 Å². The summed E-state index contributed by atoms with van der Waals surface area (Å²) < 4.78 is 5.80. The first-order valence-electron chi connectivity index (χ1n) is 8.87. The van der Waals surface area contributed by atoms with E-state index < -0.39 is 0 Å². The minimum Gasteiger partial charge on any atom is -0.493 e. The number of rotatable bonds is 5. The molecule has 1 atom stereocenters. The highest BCUT2D eigenvalue weighted by Gasteiger charge is 2.34. The average Bonchev–Trinajstić information content (AvgIpc) is 3.03. The summed E-state index contributed by atoms with van der Waals surface area (Å²) in [7, 11) is 0. The smallest absolute Gasteiger partial charge is 0.234 e. The Morgan fingerprint density at radius 2 is 1.81 bits per heavy atom. The van der Waals surface area contributed by atoms with Gasteiger partial charge in [-0.25, -0.2) is 0 Å². The molecule has 3 aromatic rings. The highest BCUT2D eigenvalue weighted by Crippen LogP contribution is 2.43. The van der Waals surface area contributed by atoms with Gasteiger partial charge in [0.2, 0.25) is 5.91 Å². The molecule has 0 spiro atoms. The molecule has 0 N–H and O–H groups in total. The molecule has 1 heterocycles. The van der Waals surface area contributed by atoms with Gasteiger partial charge in [-0.05, 0) is 29.3 Å². The second-order valence-corrected chi connectivity index (χ2v) is 7.36. The zero-order valence-electron chi connectivity index (χ0n) is 14.7. The van der Waals surface area contributed by atoms with Gasteiger partial charge in [-0.2, -0.15) is 0 Å². The van der Waals surface area contributed by atoms with Crippen LogP contribution in [-0.2, 0) is 11.3 Å². The predicted molar refractivity (Wildman–Crippen MR) is 107 cm³/mol. The van der Waals surface area contributed by atoms with Crippen molar-refractivity contribution in [2.75, 3.05) is 12.4 Å². The second kappa shape index (κ2) is 7.42. The van der Waals surface area contributed by atoms with Crippen LogP contribution in [0.3, 0.4) is 0 Å². The lowest BCUT2D eigenvalue weighted by Crippen LogP contribution is -2.28. The van der Waals surface area contributed by atoms with Crippen molar-refractivity contribution in [1.29, 1.82) is 0 Å². The van der Waals surface area contributed by atoms with Crippen LogP contribution in [0.5, 0.6) is 5.75 Å². The third-order valence-electron chi connectivity index (χ3n) is 4.67. The van der Waals surface area contributed by atoms with E-state index in [1.807, 2.05) is 42.2 Å². The number of hydrogen-bond acceptors (Lipinski definition) is 3. The Hall–Kier alpha value is -2.46. The lowest BCUT2D eigenvalue weighted by Gasteiger charge is -2.26. The fourth-order valence-corrected chi connectivity index (χ4v) is 4.68. The normalized spacial score (nSPS) is 17.0. The predicted octanol–water partition coefficient (Wildman–Crippen LogP) is 5.01. The van der Waals surface area contributed by atoms with Gasteiger partial charge >= 0.3 is 0 Å². The van der Waals surface area contributed by atoms with Crippen LogP contribution in [0.4, 0.5) is 0 Å². The molecule has 1 aliphatic heterocycles. The van der Waals surface area contributed by atoms with E-state index >= 15 is 0 Å². The summed E-state index contributed by atoms with van der Waals surface area (Å²) in [6.07, 6.45) is 0. The number of para-hydroxylation sites is 1. The Bertz CT molecular complexity index is 935. The van der Waals surface area contributed by atoms with Gasteiger partial charge in [-0.1, -0.05) is 60.7 Å². The van der Waals surface area contributed by atoms with Gasteiger partial charge in [-0.3, -0.25) is 4.79 Å². The standard InChI is InChI=1S/C22H21NO2S/c1-2-25-20-13-6-5-12-19(20)22-23(21(24)15-26-22)14-17-10-7-9-16-8-3-4-11-18(16)17/h3-13,22H,2,14-15H2,1H3. The van der Waals surface area contributed by atoms with Gasteiger partial charge in [0.15, 0.2) is 0 Å². The number of amides is 1. The van der Waals surface area contributed by atoms with E-state index in [0.717, 1.165) is 11.3 Å². The van der Waals surface area contributed by atoms with E-state index in [-0.39, 0.29) is 11.3 Å². The number of ether oxygens (including phenoxy) is 1. The highest BCUT2D eigenvalue weighted by molar-refractivity contribution is 8.00. The van der Waals surface area contributed by atoms with E-state index in [0.29, 0.717) is 18.9 Å². The molecule has 132 valence electrons. The summed E-state index contributed by atoms with van der Waals surface area (Å²) in [5.41, 5.74) is 2.25. The molecule has 1 aliphatic rings. The first-order valence-corrected chi connectivity index (χ1v) is 9.92. The molecule has 1 amide bonds. The molecular formula is C22H21NO2S. The van der Waals surface area contributed by atoms with Crippen LogP contribution in [0.2, 0.25) is 0 Å². The number of carbonyl (C=O) groups excluding carboxylic acids is 1. The Morgan fingerprint density at radius 3 is 2.69 bits per heavy atom. The molecule has 0 saturated carbocycles. The van der Waals surface area contributed by atoms with Crippen LogP contribution in [-0.4, -0.2) is 23.2 Å². The minimum atomic E-state index is -0.00998. The van der Waals surface area contributed by atoms with Crippen molar-refractivity contribution in [3.05, 3.63) is 77.9 Å². The van der Waals surface area contributed by atoms with Gasteiger partial charge in [0.1, 0.15) is 11.1 Å². The van der Waals surface area contributed by atoms with Crippen molar-refractivity contribution in [1.82, 2.24) is 4.90 Å². The topological polar surface area (TPSA) is 29.5 Å². The fraction of sp³-hybridized carbons (Fsp3) is 0.227. The molecule has 26 heavy (non-hydrogen) atoms. The number of thioether (sulfide) groups is 1. The summed E-state index contributed by atoms with van der Waals surface area (Å²) >= 11 is 1.67. The van der Waals surface area contributed by atoms with E-state index in [9.17, 15) is 4.79 Å². The van der Waals surface area contributed by atoms with Crippen LogP contribution in [0, 0.1) is 0 Å². The van der Waals surface area contributed by atoms with Gasteiger partial charge in [0.25, 0.3) is 0 Å². The molecule has 0 radical (unpaired) electrons. The molecule has 0 aliphatic carbocycles. The van der Waals surface area contributed by atoms with Gasteiger partial charge in [0, 0.05) is 12.1 Å². The molecule has 0 aromatic heterocycles. The first-order chi connectivity index (χ1) is 12.8. The van der Waals surface area contributed by atoms with Crippen molar-refractivity contribution in [3.63, 3.8) is 0 Å².